The van der Waals surface area contributed by atoms with Crippen LogP contribution in [0.3, 0.4) is 0 Å². The first-order valence-electron chi connectivity index (χ1n) is 8.49. The number of nitrogens with zero attached hydrogens (tertiary/aromatic N) is 4. The third kappa shape index (κ3) is 5.57. The standard InChI is InChI=1S/C18H21N5OS3/c1-13-5-3-6-14(2)17(13)23-18(20-21-22-23)27-12-16(24)19-8-10-25-11-15-7-4-9-26-15/h3-7,9H,8,10-12H2,1-2H3,(H,19,24). The van der Waals surface area contributed by atoms with Crippen LogP contribution in [0.4, 0.5) is 0 Å². The molecule has 0 aliphatic rings. The maximum absolute atomic E-state index is 12.1. The summed E-state index contributed by atoms with van der Waals surface area (Å²) in [6, 6.07) is 10.3. The summed E-state index contributed by atoms with van der Waals surface area (Å²) >= 11 is 4.93. The van der Waals surface area contributed by atoms with Crippen molar-refractivity contribution in [3.8, 4) is 5.69 Å². The number of para-hydroxylation sites is 1. The van der Waals surface area contributed by atoms with Gasteiger partial charge in [-0.3, -0.25) is 4.79 Å². The van der Waals surface area contributed by atoms with E-state index in [-0.39, 0.29) is 5.91 Å². The quantitative estimate of drug-likeness (QED) is 0.423. The van der Waals surface area contributed by atoms with Gasteiger partial charge in [0, 0.05) is 22.9 Å². The lowest BCUT2D eigenvalue weighted by Crippen LogP contribution is -2.27. The molecule has 6 nitrogen and oxygen atoms in total. The van der Waals surface area contributed by atoms with Crippen molar-refractivity contribution in [3.63, 3.8) is 0 Å². The molecule has 1 N–H and O–H groups in total. The zero-order valence-corrected chi connectivity index (χ0v) is 17.7. The maximum Gasteiger partial charge on any atom is 0.230 e. The Kier molecular flexibility index (Phi) is 7.31. The molecule has 0 unspecified atom stereocenters. The molecule has 0 fully saturated rings. The molecule has 0 atom stereocenters. The van der Waals surface area contributed by atoms with E-state index in [1.54, 1.807) is 16.0 Å². The molecule has 9 heteroatoms. The van der Waals surface area contributed by atoms with Crippen LogP contribution in [0.25, 0.3) is 5.69 Å². The Bertz CT molecular complexity index is 859. The van der Waals surface area contributed by atoms with E-state index in [1.807, 2.05) is 43.8 Å². The Labute approximate surface area is 171 Å². The maximum atomic E-state index is 12.1. The van der Waals surface area contributed by atoms with Crippen molar-refractivity contribution in [2.24, 2.45) is 0 Å². The van der Waals surface area contributed by atoms with E-state index in [2.05, 4.69) is 38.4 Å². The van der Waals surface area contributed by atoms with Crippen LogP contribution in [-0.2, 0) is 10.5 Å². The van der Waals surface area contributed by atoms with Crippen LogP contribution in [-0.4, -0.2) is 44.2 Å². The van der Waals surface area contributed by atoms with Crippen molar-refractivity contribution >= 4 is 40.8 Å². The number of aryl methyl sites for hydroxylation is 2. The van der Waals surface area contributed by atoms with Crippen molar-refractivity contribution in [2.75, 3.05) is 18.1 Å². The van der Waals surface area contributed by atoms with Crippen molar-refractivity contribution in [1.82, 2.24) is 25.5 Å². The van der Waals surface area contributed by atoms with E-state index in [0.29, 0.717) is 17.5 Å². The molecule has 0 radical (unpaired) electrons. The van der Waals surface area contributed by atoms with Crippen LogP contribution in [0.2, 0.25) is 0 Å². The molecule has 0 saturated carbocycles. The van der Waals surface area contributed by atoms with Gasteiger partial charge in [-0.05, 0) is 46.8 Å². The minimum Gasteiger partial charge on any atom is -0.355 e. The molecule has 3 aromatic rings. The van der Waals surface area contributed by atoms with E-state index in [4.69, 9.17) is 0 Å². The van der Waals surface area contributed by atoms with Gasteiger partial charge in [-0.25, -0.2) is 0 Å². The lowest BCUT2D eigenvalue weighted by Gasteiger charge is -2.10. The van der Waals surface area contributed by atoms with Crippen molar-refractivity contribution < 1.29 is 4.79 Å². The first-order valence-corrected chi connectivity index (χ1v) is 11.5. The van der Waals surface area contributed by atoms with E-state index in [0.717, 1.165) is 28.3 Å². The van der Waals surface area contributed by atoms with Gasteiger partial charge < -0.3 is 5.32 Å². The molecular weight excluding hydrogens is 398 g/mol. The highest BCUT2D eigenvalue weighted by Gasteiger charge is 2.14. The second kappa shape index (κ2) is 9.91. The van der Waals surface area contributed by atoms with Gasteiger partial charge in [-0.2, -0.15) is 16.4 Å². The fourth-order valence-electron chi connectivity index (χ4n) is 2.56. The number of tetrazole rings is 1. The molecule has 3 rings (SSSR count). The first-order chi connectivity index (χ1) is 13.1. The van der Waals surface area contributed by atoms with Gasteiger partial charge in [-0.15, -0.1) is 16.4 Å². The second-order valence-electron chi connectivity index (χ2n) is 5.88. The van der Waals surface area contributed by atoms with Gasteiger partial charge in [0.1, 0.15) is 0 Å². The molecule has 142 valence electrons. The minimum atomic E-state index is -0.00669. The first kappa shape index (κ1) is 19.9. The molecule has 0 saturated heterocycles. The number of aromatic nitrogens is 4. The minimum absolute atomic E-state index is 0.00669. The third-order valence-corrected chi connectivity index (χ3v) is 6.80. The number of amides is 1. The molecule has 1 aromatic carbocycles. The van der Waals surface area contributed by atoms with E-state index >= 15 is 0 Å². The molecular formula is C18H21N5OS3. The summed E-state index contributed by atoms with van der Waals surface area (Å²) in [4.78, 5) is 13.5. The number of thioether (sulfide) groups is 2. The van der Waals surface area contributed by atoms with Crippen LogP contribution in [0, 0.1) is 13.8 Å². The highest BCUT2D eigenvalue weighted by atomic mass is 32.2. The summed E-state index contributed by atoms with van der Waals surface area (Å²) in [6.45, 7) is 4.72. The van der Waals surface area contributed by atoms with E-state index in [9.17, 15) is 4.79 Å². The van der Waals surface area contributed by atoms with Gasteiger partial charge in [0.15, 0.2) is 0 Å². The van der Waals surface area contributed by atoms with Gasteiger partial charge in [0.2, 0.25) is 11.1 Å². The van der Waals surface area contributed by atoms with Crippen LogP contribution >= 0.6 is 34.9 Å². The topological polar surface area (TPSA) is 72.7 Å². The highest BCUT2D eigenvalue weighted by molar-refractivity contribution is 7.99. The van der Waals surface area contributed by atoms with E-state index < -0.39 is 0 Å². The molecule has 0 aliphatic carbocycles. The van der Waals surface area contributed by atoms with Crippen LogP contribution in [0.1, 0.15) is 16.0 Å². The predicted octanol–water partition coefficient (Wildman–Crippen LogP) is 3.48. The number of nitrogens with one attached hydrogen (secondary N) is 1. The Morgan fingerprint density at radius 3 is 2.78 bits per heavy atom. The van der Waals surface area contributed by atoms with Crippen LogP contribution in [0.5, 0.6) is 0 Å². The Morgan fingerprint density at radius 1 is 1.22 bits per heavy atom. The Hall–Kier alpha value is -1.84. The number of carbonyl (C=O) groups excluding carboxylic acids is 1. The van der Waals surface area contributed by atoms with Gasteiger partial charge in [0.05, 0.1) is 11.4 Å². The lowest BCUT2D eigenvalue weighted by molar-refractivity contribution is -0.118. The monoisotopic (exact) mass is 419 g/mol. The lowest BCUT2D eigenvalue weighted by atomic mass is 10.1. The molecule has 0 aliphatic heterocycles. The Morgan fingerprint density at radius 2 is 2.04 bits per heavy atom. The fourth-order valence-corrected chi connectivity index (χ4v) is 4.97. The van der Waals surface area contributed by atoms with Crippen LogP contribution in [0.15, 0.2) is 40.9 Å². The van der Waals surface area contributed by atoms with Crippen molar-refractivity contribution in [1.29, 1.82) is 0 Å². The summed E-state index contributed by atoms with van der Waals surface area (Å²) in [7, 11) is 0. The van der Waals surface area contributed by atoms with Crippen molar-refractivity contribution in [3.05, 3.63) is 51.7 Å². The smallest absolute Gasteiger partial charge is 0.230 e. The molecule has 0 spiro atoms. The summed E-state index contributed by atoms with van der Waals surface area (Å²) in [6.07, 6.45) is 0. The molecule has 2 heterocycles. The SMILES string of the molecule is Cc1cccc(C)c1-n1nnnc1SCC(=O)NCCSCc1cccs1. The number of carbonyl (C=O) groups is 1. The summed E-state index contributed by atoms with van der Waals surface area (Å²) in [5.41, 5.74) is 3.16. The number of benzene rings is 1. The predicted molar refractivity (Wildman–Crippen MR) is 113 cm³/mol. The third-order valence-electron chi connectivity index (χ3n) is 3.82. The molecule has 0 bridgehead atoms. The fraction of sp³-hybridized carbons (Fsp3) is 0.333. The number of thiophene rings is 1. The van der Waals surface area contributed by atoms with E-state index in [1.165, 1.54) is 16.6 Å². The molecule has 1 amide bonds. The van der Waals surface area contributed by atoms with Gasteiger partial charge in [0.25, 0.3) is 0 Å². The Balaban J connectivity index is 1.45. The highest BCUT2D eigenvalue weighted by Crippen LogP contribution is 2.23. The summed E-state index contributed by atoms with van der Waals surface area (Å²) in [5.74, 6) is 2.18. The number of hydrogen-bond donors (Lipinski definition) is 1. The number of hydrogen-bond acceptors (Lipinski definition) is 7. The van der Waals surface area contributed by atoms with Gasteiger partial charge >= 0.3 is 0 Å². The largest absolute Gasteiger partial charge is 0.355 e. The summed E-state index contributed by atoms with van der Waals surface area (Å²) < 4.78 is 1.71. The molecule has 27 heavy (non-hydrogen) atoms. The average molecular weight is 420 g/mol. The second-order valence-corrected chi connectivity index (χ2v) is 8.96. The normalized spacial score (nSPS) is 10.9. The van der Waals surface area contributed by atoms with Gasteiger partial charge in [-0.1, -0.05) is 36.0 Å². The summed E-state index contributed by atoms with van der Waals surface area (Å²) in [5, 5.41) is 17.6. The number of rotatable bonds is 9. The zero-order valence-electron chi connectivity index (χ0n) is 15.2. The van der Waals surface area contributed by atoms with Crippen LogP contribution < -0.4 is 5.32 Å². The zero-order chi connectivity index (χ0) is 19.1. The average Bonchev–Trinajstić information content (AvgIpc) is 3.31. The molecule has 2 aromatic heterocycles. The van der Waals surface area contributed by atoms with Crippen molar-refractivity contribution in [2.45, 2.75) is 24.8 Å².